The number of aromatic nitrogens is 2. The second-order valence-electron chi connectivity index (χ2n) is 7.02. The smallest absolute Gasteiger partial charge is 0.290 e. The van der Waals surface area contributed by atoms with Crippen LogP contribution in [-0.4, -0.2) is 45.4 Å². The van der Waals surface area contributed by atoms with Crippen LogP contribution in [-0.2, 0) is 11.8 Å². The Morgan fingerprint density at radius 2 is 1.96 bits per heavy atom. The standard InChI is InChI=1S/C18H28N4O2/c1-21-13-11-19-16(21)18(24)22-12-7-3-2-6-10-20-17(23)14-8-4-5-9-15(14)22/h11,13-15H,2-10,12H2,1H3,(H,20,23)/t14-,15+/m1/s1. The molecule has 0 radical (unpaired) electrons. The van der Waals surface area contributed by atoms with Crippen LogP contribution in [0.3, 0.4) is 0 Å². The molecule has 1 N–H and O–H groups in total. The molecule has 132 valence electrons. The summed E-state index contributed by atoms with van der Waals surface area (Å²) in [5.74, 6) is 0.473. The van der Waals surface area contributed by atoms with Gasteiger partial charge in [-0.05, 0) is 25.7 Å². The molecule has 2 heterocycles. The van der Waals surface area contributed by atoms with Crippen LogP contribution in [0.25, 0.3) is 0 Å². The Hall–Kier alpha value is -1.85. The van der Waals surface area contributed by atoms with Gasteiger partial charge in [-0.25, -0.2) is 4.98 Å². The molecule has 1 saturated heterocycles. The van der Waals surface area contributed by atoms with E-state index in [2.05, 4.69) is 10.3 Å². The lowest BCUT2D eigenvalue weighted by Crippen LogP contribution is -2.51. The molecule has 1 aromatic heterocycles. The van der Waals surface area contributed by atoms with Crippen molar-refractivity contribution >= 4 is 11.8 Å². The normalized spacial score (nSPS) is 26.2. The van der Waals surface area contributed by atoms with E-state index in [-0.39, 0.29) is 23.8 Å². The average molecular weight is 332 g/mol. The molecule has 0 spiro atoms. The minimum Gasteiger partial charge on any atom is -0.356 e. The third-order valence-electron chi connectivity index (χ3n) is 5.36. The van der Waals surface area contributed by atoms with Crippen LogP contribution in [0, 0.1) is 5.92 Å². The van der Waals surface area contributed by atoms with E-state index >= 15 is 0 Å². The summed E-state index contributed by atoms with van der Waals surface area (Å²) >= 11 is 0. The van der Waals surface area contributed by atoms with E-state index in [1.54, 1.807) is 17.0 Å². The molecule has 2 atom stereocenters. The lowest BCUT2D eigenvalue weighted by atomic mass is 9.82. The summed E-state index contributed by atoms with van der Waals surface area (Å²) in [7, 11) is 1.84. The fourth-order valence-electron chi connectivity index (χ4n) is 4.01. The first-order chi connectivity index (χ1) is 11.7. The third-order valence-corrected chi connectivity index (χ3v) is 5.36. The first-order valence-corrected chi connectivity index (χ1v) is 9.24. The van der Waals surface area contributed by atoms with Crippen molar-refractivity contribution in [3.8, 4) is 0 Å². The highest BCUT2D eigenvalue weighted by atomic mass is 16.2. The van der Waals surface area contributed by atoms with Crippen LogP contribution in [0.15, 0.2) is 12.4 Å². The quantitative estimate of drug-likeness (QED) is 0.856. The van der Waals surface area contributed by atoms with E-state index in [1.807, 2.05) is 11.9 Å². The zero-order chi connectivity index (χ0) is 16.9. The van der Waals surface area contributed by atoms with Gasteiger partial charge in [0.1, 0.15) is 0 Å². The number of hydrogen-bond donors (Lipinski definition) is 1. The Kier molecular flexibility index (Phi) is 5.53. The maximum Gasteiger partial charge on any atom is 0.290 e. The number of imidazole rings is 1. The maximum atomic E-state index is 13.1. The van der Waals surface area contributed by atoms with Crippen LogP contribution in [0.4, 0.5) is 0 Å². The van der Waals surface area contributed by atoms with Crippen molar-refractivity contribution in [2.45, 2.75) is 57.4 Å². The van der Waals surface area contributed by atoms with Crippen molar-refractivity contribution < 1.29 is 9.59 Å². The number of amides is 2. The van der Waals surface area contributed by atoms with Gasteiger partial charge in [0.15, 0.2) is 5.82 Å². The van der Waals surface area contributed by atoms with Gasteiger partial charge in [-0.1, -0.05) is 25.7 Å². The molecule has 0 aromatic carbocycles. The molecular formula is C18H28N4O2. The molecule has 24 heavy (non-hydrogen) atoms. The van der Waals surface area contributed by atoms with Crippen LogP contribution in [0.5, 0.6) is 0 Å². The number of rotatable bonds is 1. The summed E-state index contributed by atoms with van der Waals surface area (Å²) < 4.78 is 1.77. The lowest BCUT2D eigenvalue weighted by Gasteiger charge is -2.39. The summed E-state index contributed by atoms with van der Waals surface area (Å²) in [5, 5.41) is 3.09. The van der Waals surface area contributed by atoms with E-state index in [9.17, 15) is 9.59 Å². The molecule has 3 rings (SSSR count). The highest BCUT2D eigenvalue weighted by Crippen LogP contribution is 2.30. The number of nitrogens with one attached hydrogen (secondary N) is 1. The highest BCUT2D eigenvalue weighted by Gasteiger charge is 2.38. The molecule has 6 nitrogen and oxygen atoms in total. The second-order valence-corrected chi connectivity index (χ2v) is 7.02. The topological polar surface area (TPSA) is 67.2 Å². The van der Waals surface area contributed by atoms with Crippen molar-refractivity contribution in [2.24, 2.45) is 13.0 Å². The Bertz CT molecular complexity index is 583. The van der Waals surface area contributed by atoms with E-state index in [4.69, 9.17) is 0 Å². The summed E-state index contributed by atoms with van der Waals surface area (Å²) in [4.78, 5) is 31.9. The molecule has 1 aromatic rings. The Morgan fingerprint density at radius 3 is 2.75 bits per heavy atom. The third kappa shape index (κ3) is 3.62. The molecule has 1 aliphatic heterocycles. The Morgan fingerprint density at radius 1 is 1.17 bits per heavy atom. The van der Waals surface area contributed by atoms with Crippen molar-refractivity contribution in [3.63, 3.8) is 0 Å². The van der Waals surface area contributed by atoms with Gasteiger partial charge in [-0.2, -0.15) is 0 Å². The molecule has 0 bridgehead atoms. The SMILES string of the molecule is Cn1ccnc1C(=O)N1CCCCCCNC(=O)[C@@H]2CCCC[C@@H]21. The number of hydrogen-bond acceptors (Lipinski definition) is 3. The first-order valence-electron chi connectivity index (χ1n) is 9.24. The molecule has 2 amide bonds. The van der Waals surface area contributed by atoms with E-state index in [0.717, 1.165) is 64.5 Å². The predicted octanol–water partition coefficient (Wildman–Crippen LogP) is 2.11. The summed E-state index contributed by atoms with van der Waals surface area (Å²) in [6, 6.07) is 0.000972. The van der Waals surface area contributed by atoms with Gasteiger partial charge < -0.3 is 14.8 Å². The van der Waals surface area contributed by atoms with Crippen LogP contribution >= 0.6 is 0 Å². The largest absolute Gasteiger partial charge is 0.356 e. The van der Waals surface area contributed by atoms with Gasteiger partial charge in [0.25, 0.3) is 5.91 Å². The Balaban J connectivity index is 1.87. The van der Waals surface area contributed by atoms with Crippen molar-refractivity contribution in [2.75, 3.05) is 13.1 Å². The van der Waals surface area contributed by atoms with Gasteiger partial charge in [-0.15, -0.1) is 0 Å². The fraction of sp³-hybridized carbons (Fsp3) is 0.722. The summed E-state index contributed by atoms with van der Waals surface area (Å²) in [6.45, 7) is 1.48. The average Bonchev–Trinajstić information content (AvgIpc) is 3.01. The molecule has 1 saturated carbocycles. The zero-order valence-electron chi connectivity index (χ0n) is 14.5. The van der Waals surface area contributed by atoms with E-state index < -0.39 is 0 Å². The summed E-state index contributed by atoms with van der Waals surface area (Å²) in [5.41, 5.74) is 0. The predicted molar refractivity (Wildman–Crippen MR) is 91.5 cm³/mol. The minimum atomic E-state index is -0.0823. The van der Waals surface area contributed by atoms with Gasteiger partial charge in [0, 0.05) is 38.6 Å². The number of nitrogens with zero attached hydrogens (tertiary/aromatic N) is 3. The van der Waals surface area contributed by atoms with Gasteiger partial charge in [-0.3, -0.25) is 9.59 Å². The zero-order valence-corrected chi connectivity index (χ0v) is 14.5. The second kappa shape index (κ2) is 7.81. The number of carbonyl (C=O) groups is 2. The van der Waals surface area contributed by atoms with Gasteiger partial charge in [0.2, 0.25) is 5.91 Å². The van der Waals surface area contributed by atoms with E-state index in [0.29, 0.717) is 5.82 Å². The van der Waals surface area contributed by atoms with Gasteiger partial charge in [0.05, 0.1) is 5.92 Å². The van der Waals surface area contributed by atoms with Gasteiger partial charge >= 0.3 is 0 Å². The molecular weight excluding hydrogens is 304 g/mol. The number of fused-ring (bicyclic) bond motifs is 1. The van der Waals surface area contributed by atoms with E-state index in [1.165, 1.54) is 0 Å². The van der Waals surface area contributed by atoms with Crippen LogP contribution < -0.4 is 5.32 Å². The van der Waals surface area contributed by atoms with Crippen molar-refractivity contribution in [1.29, 1.82) is 0 Å². The number of aryl methyl sites for hydroxylation is 1. The molecule has 6 heteroatoms. The molecule has 2 aliphatic rings. The van der Waals surface area contributed by atoms with Crippen molar-refractivity contribution in [3.05, 3.63) is 18.2 Å². The monoisotopic (exact) mass is 332 g/mol. The molecule has 1 aliphatic carbocycles. The first kappa shape index (κ1) is 17.0. The van der Waals surface area contributed by atoms with Crippen molar-refractivity contribution in [1.82, 2.24) is 19.8 Å². The lowest BCUT2D eigenvalue weighted by molar-refractivity contribution is -0.128. The highest BCUT2D eigenvalue weighted by molar-refractivity contribution is 5.91. The van der Waals surface area contributed by atoms with Crippen LogP contribution in [0.2, 0.25) is 0 Å². The molecule has 2 fully saturated rings. The summed E-state index contributed by atoms with van der Waals surface area (Å²) in [6.07, 6.45) is 11.6. The maximum absolute atomic E-state index is 13.1. The van der Waals surface area contributed by atoms with Crippen LogP contribution in [0.1, 0.15) is 62.0 Å². The fourth-order valence-corrected chi connectivity index (χ4v) is 4.01. The Labute approximate surface area is 143 Å². The molecule has 0 unspecified atom stereocenters. The number of carbonyl (C=O) groups excluding carboxylic acids is 2. The minimum absolute atomic E-state index is 0.000972.